The van der Waals surface area contributed by atoms with Gasteiger partial charge in [0.15, 0.2) is 0 Å². The van der Waals surface area contributed by atoms with Crippen LogP contribution in [0.3, 0.4) is 0 Å². The summed E-state index contributed by atoms with van der Waals surface area (Å²) in [7, 11) is 0. The number of hydrogen-bond donors (Lipinski definition) is 2. The van der Waals surface area contributed by atoms with Crippen LogP contribution in [0.25, 0.3) is 0 Å². The molecule has 2 N–H and O–H groups in total. The molecule has 0 radical (unpaired) electrons. The van der Waals surface area contributed by atoms with Crippen LogP contribution >= 0.6 is 0 Å². The molecule has 118 valence electrons. The largest absolute Gasteiger partial charge is 0.480 e. The van der Waals surface area contributed by atoms with E-state index in [2.05, 4.69) is 19.2 Å². The quantitative estimate of drug-likeness (QED) is 0.719. The molecule has 1 rings (SSSR count). The summed E-state index contributed by atoms with van der Waals surface area (Å²) in [5.74, 6) is -0.180. The fraction of sp³-hybridized carbons (Fsp3) is 0.938. The summed E-state index contributed by atoms with van der Waals surface area (Å²) in [5, 5.41) is 12.9. The predicted octanol–water partition coefficient (Wildman–Crippen LogP) is 3.20. The molecule has 4 heteroatoms. The molecule has 0 saturated heterocycles. The Labute approximate surface area is 123 Å². The number of aliphatic carboxylic acids is 1. The van der Waals surface area contributed by atoms with Crippen molar-refractivity contribution in [2.75, 3.05) is 6.61 Å². The van der Waals surface area contributed by atoms with Crippen molar-refractivity contribution in [1.82, 2.24) is 5.32 Å². The molecule has 0 spiro atoms. The van der Waals surface area contributed by atoms with Crippen molar-refractivity contribution in [3.63, 3.8) is 0 Å². The van der Waals surface area contributed by atoms with Crippen LogP contribution in [-0.4, -0.2) is 35.4 Å². The topological polar surface area (TPSA) is 58.6 Å². The Hall–Kier alpha value is -0.610. The van der Waals surface area contributed by atoms with Gasteiger partial charge in [-0.05, 0) is 45.4 Å². The second-order valence-corrected chi connectivity index (χ2v) is 6.63. The van der Waals surface area contributed by atoms with Crippen molar-refractivity contribution in [1.29, 1.82) is 0 Å². The zero-order valence-electron chi connectivity index (χ0n) is 13.4. The molecule has 0 aliphatic heterocycles. The minimum Gasteiger partial charge on any atom is -0.480 e. The third-order valence-corrected chi connectivity index (χ3v) is 4.08. The SMILES string of the molecule is CCCC(C)COC1CCCC(NC(C)C)(C(=O)O)C1. The molecule has 3 atom stereocenters. The Morgan fingerprint density at radius 3 is 2.70 bits per heavy atom. The van der Waals surface area contributed by atoms with Gasteiger partial charge in [-0.3, -0.25) is 10.1 Å². The van der Waals surface area contributed by atoms with Crippen molar-refractivity contribution >= 4 is 5.97 Å². The Morgan fingerprint density at radius 2 is 2.15 bits per heavy atom. The zero-order chi connectivity index (χ0) is 15.2. The summed E-state index contributed by atoms with van der Waals surface area (Å²) >= 11 is 0. The summed E-state index contributed by atoms with van der Waals surface area (Å²) in [5.41, 5.74) is -0.801. The van der Waals surface area contributed by atoms with Gasteiger partial charge in [0.05, 0.1) is 6.10 Å². The van der Waals surface area contributed by atoms with Crippen LogP contribution in [0.2, 0.25) is 0 Å². The van der Waals surface area contributed by atoms with Crippen LogP contribution < -0.4 is 5.32 Å². The number of nitrogens with one attached hydrogen (secondary N) is 1. The summed E-state index contributed by atoms with van der Waals surface area (Å²) in [6.07, 6.45) is 5.59. The predicted molar refractivity (Wildman–Crippen MR) is 80.9 cm³/mol. The highest BCUT2D eigenvalue weighted by atomic mass is 16.5. The minimum absolute atomic E-state index is 0.0745. The lowest BCUT2D eigenvalue weighted by Crippen LogP contribution is -2.58. The first-order chi connectivity index (χ1) is 9.39. The van der Waals surface area contributed by atoms with E-state index in [9.17, 15) is 9.90 Å². The number of carboxylic acids is 1. The van der Waals surface area contributed by atoms with Crippen LogP contribution in [0.1, 0.15) is 66.2 Å². The van der Waals surface area contributed by atoms with Gasteiger partial charge in [0.1, 0.15) is 5.54 Å². The van der Waals surface area contributed by atoms with Crippen LogP contribution in [0, 0.1) is 5.92 Å². The summed E-state index contributed by atoms with van der Waals surface area (Å²) < 4.78 is 5.98. The third-order valence-electron chi connectivity index (χ3n) is 4.08. The maximum absolute atomic E-state index is 11.7. The lowest BCUT2D eigenvalue weighted by molar-refractivity contribution is -0.149. The molecule has 1 aliphatic carbocycles. The van der Waals surface area contributed by atoms with Crippen LogP contribution in [-0.2, 0) is 9.53 Å². The lowest BCUT2D eigenvalue weighted by Gasteiger charge is -2.39. The van der Waals surface area contributed by atoms with Crippen molar-refractivity contribution in [3.05, 3.63) is 0 Å². The van der Waals surface area contributed by atoms with E-state index in [1.807, 2.05) is 13.8 Å². The minimum atomic E-state index is -0.801. The van der Waals surface area contributed by atoms with E-state index in [0.29, 0.717) is 18.8 Å². The fourth-order valence-electron chi connectivity index (χ4n) is 3.18. The van der Waals surface area contributed by atoms with E-state index in [1.54, 1.807) is 0 Å². The van der Waals surface area contributed by atoms with Crippen LogP contribution in [0.15, 0.2) is 0 Å². The molecular formula is C16H31NO3. The first kappa shape index (κ1) is 17.4. The molecule has 20 heavy (non-hydrogen) atoms. The van der Waals surface area contributed by atoms with Gasteiger partial charge in [-0.1, -0.05) is 20.3 Å². The molecule has 4 nitrogen and oxygen atoms in total. The van der Waals surface area contributed by atoms with Gasteiger partial charge in [-0.25, -0.2) is 0 Å². The lowest BCUT2D eigenvalue weighted by atomic mass is 9.79. The van der Waals surface area contributed by atoms with E-state index < -0.39 is 11.5 Å². The smallest absolute Gasteiger partial charge is 0.324 e. The molecule has 1 aliphatic rings. The normalized spacial score (nSPS) is 28.6. The highest BCUT2D eigenvalue weighted by Crippen LogP contribution is 2.31. The number of ether oxygens (including phenoxy) is 1. The summed E-state index contributed by atoms with van der Waals surface area (Å²) in [4.78, 5) is 11.7. The van der Waals surface area contributed by atoms with E-state index in [4.69, 9.17) is 4.74 Å². The second-order valence-electron chi connectivity index (χ2n) is 6.63. The van der Waals surface area contributed by atoms with Gasteiger partial charge >= 0.3 is 5.97 Å². The van der Waals surface area contributed by atoms with E-state index >= 15 is 0 Å². The molecule has 0 bridgehead atoms. The average molecular weight is 285 g/mol. The fourth-order valence-corrected chi connectivity index (χ4v) is 3.18. The number of carboxylic acid groups (broad SMARTS) is 1. The first-order valence-corrected chi connectivity index (χ1v) is 8.02. The molecule has 0 amide bonds. The van der Waals surface area contributed by atoms with Crippen molar-refractivity contribution in [3.8, 4) is 0 Å². The van der Waals surface area contributed by atoms with E-state index in [-0.39, 0.29) is 12.1 Å². The van der Waals surface area contributed by atoms with E-state index in [0.717, 1.165) is 19.4 Å². The Bertz CT molecular complexity index is 306. The number of carbonyl (C=O) groups is 1. The number of rotatable bonds is 8. The Kier molecular flexibility index (Phi) is 6.96. The monoisotopic (exact) mass is 285 g/mol. The second kappa shape index (κ2) is 7.99. The van der Waals surface area contributed by atoms with Crippen molar-refractivity contribution < 1.29 is 14.6 Å². The molecule has 3 unspecified atom stereocenters. The summed E-state index contributed by atoms with van der Waals surface area (Å²) in [6.45, 7) is 9.12. The molecule has 0 aromatic heterocycles. The maximum atomic E-state index is 11.7. The number of hydrogen-bond acceptors (Lipinski definition) is 3. The van der Waals surface area contributed by atoms with Crippen molar-refractivity contribution in [2.45, 2.75) is 83.9 Å². The summed E-state index contributed by atoms with van der Waals surface area (Å²) in [6, 6.07) is 0.170. The molecule has 1 fully saturated rings. The van der Waals surface area contributed by atoms with Gasteiger partial charge in [-0.2, -0.15) is 0 Å². The standard InChI is InChI=1S/C16H31NO3/c1-5-7-13(4)11-20-14-8-6-9-16(10-14,15(18)19)17-12(2)3/h12-14,17H,5-11H2,1-4H3,(H,18,19). The average Bonchev–Trinajstić information content (AvgIpc) is 2.36. The third kappa shape index (κ3) is 5.06. The van der Waals surface area contributed by atoms with Crippen LogP contribution in [0.4, 0.5) is 0 Å². The van der Waals surface area contributed by atoms with Crippen LogP contribution in [0.5, 0.6) is 0 Å². The molecule has 1 saturated carbocycles. The van der Waals surface area contributed by atoms with Gasteiger partial charge in [0.2, 0.25) is 0 Å². The highest BCUT2D eigenvalue weighted by molar-refractivity contribution is 5.79. The molecule has 0 heterocycles. The molecule has 0 aromatic rings. The van der Waals surface area contributed by atoms with Gasteiger partial charge in [0.25, 0.3) is 0 Å². The molecule has 0 aromatic carbocycles. The van der Waals surface area contributed by atoms with Gasteiger partial charge in [-0.15, -0.1) is 0 Å². The first-order valence-electron chi connectivity index (χ1n) is 8.02. The van der Waals surface area contributed by atoms with Crippen molar-refractivity contribution in [2.24, 2.45) is 5.92 Å². The highest BCUT2D eigenvalue weighted by Gasteiger charge is 2.43. The zero-order valence-corrected chi connectivity index (χ0v) is 13.4. The Morgan fingerprint density at radius 1 is 1.45 bits per heavy atom. The van der Waals surface area contributed by atoms with E-state index in [1.165, 1.54) is 12.8 Å². The van der Waals surface area contributed by atoms with Gasteiger partial charge < -0.3 is 9.84 Å². The van der Waals surface area contributed by atoms with Gasteiger partial charge in [0, 0.05) is 19.1 Å². The molecular weight excluding hydrogens is 254 g/mol. The Balaban J connectivity index is 2.56. The maximum Gasteiger partial charge on any atom is 0.324 e.